The molecule has 0 aromatic heterocycles. The number of fused-ring (bicyclic) bond motifs is 3. The molecule has 1 saturated heterocycles. The van der Waals surface area contributed by atoms with Gasteiger partial charge in [-0.3, -0.25) is 4.79 Å². The minimum atomic E-state index is -1.19. The zero-order valence-corrected chi connectivity index (χ0v) is 13.3. The Bertz CT molecular complexity index is 721. The third-order valence-corrected chi connectivity index (χ3v) is 4.54. The lowest BCUT2D eigenvalue weighted by Gasteiger charge is -2.19. The van der Waals surface area contributed by atoms with E-state index in [1.807, 2.05) is 38.4 Å². The largest absolute Gasteiger partial charge is 0.465 e. The second-order valence-corrected chi connectivity index (χ2v) is 6.24. The molecular weight excluding hydrogens is 292 g/mol. The Kier molecular flexibility index (Phi) is 3.72. The maximum Gasteiger partial charge on any atom is 0.414 e. The van der Waals surface area contributed by atoms with Crippen molar-refractivity contribution in [1.29, 1.82) is 0 Å². The number of imide groups is 1. The topological polar surface area (TPSA) is 60.9 Å². The molecule has 1 N–H and O–H groups in total. The van der Waals surface area contributed by atoms with Crippen molar-refractivity contribution in [2.45, 2.75) is 18.9 Å². The number of hydrogen-bond acceptors (Lipinski definition) is 3. The second kappa shape index (κ2) is 5.57. The van der Waals surface area contributed by atoms with Gasteiger partial charge in [-0.2, -0.15) is 0 Å². The van der Waals surface area contributed by atoms with Crippen LogP contribution in [-0.2, 0) is 17.6 Å². The SMILES string of the molecule is C=CCc1cccc2c1CC1C(=CN(C)C)C(=O)N(C(=O)O)C21. The normalized spacial score (nSPS) is 23.8. The van der Waals surface area contributed by atoms with Crippen LogP contribution in [0, 0.1) is 5.92 Å². The minimum absolute atomic E-state index is 0.109. The zero-order chi connectivity index (χ0) is 16.7. The molecule has 2 atom stereocenters. The van der Waals surface area contributed by atoms with Crippen molar-refractivity contribution >= 4 is 12.0 Å². The Morgan fingerprint density at radius 2 is 2.22 bits per heavy atom. The number of allylic oxidation sites excluding steroid dienone is 1. The zero-order valence-electron chi connectivity index (χ0n) is 13.3. The molecule has 1 heterocycles. The standard InChI is InChI=1S/C18H20N2O3/c1-4-6-11-7-5-8-12-13(11)9-14-15(10-19(2)3)17(21)20(16(12)14)18(22)23/h4-5,7-8,10,14,16H,1,6,9H2,2-3H3,(H,22,23). The highest BCUT2D eigenvalue weighted by Gasteiger charge is 2.52. The summed E-state index contributed by atoms with van der Waals surface area (Å²) in [6, 6.07) is 5.50. The predicted molar refractivity (Wildman–Crippen MR) is 86.9 cm³/mol. The van der Waals surface area contributed by atoms with Crippen LogP contribution in [0.3, 0.4) is 0 Å². The van der Waals surface area contributed by atoms with E-state index >= 15 is 0 Å². The van der Waals surface area contributed by atoms with E-state index in [9.17, 15) is 14.7 Å². The molecule has 1 aromatic rings. The van der Waals surface area contributed by atoms with Crippen LogP contribution in [0.25, 0.3) is 0 Å². The Morgan fingerprint density at radius 1 is 1.48 bits per heavy atom. The number of rotatable bonds is 3. The van der Waals surface area contributed by atoms with E-state index in [1.165, 1.54) is 0 Å². The first-order valence-corrected chi connectivity index (χ1v) is 7.62. The maximum absolute atomic E-state index is 12.6. The van der Waals surface area contributed by atoms with Crippen LogP contribution in [-0.4, -0.2) is 41.0 Å². The van der Waals surface area contributed by atoms with Gasteiger partial charge in [0.1, 0.15) is 0 Å². The first kappa shape index (κ1) is 15.3. The molecule has 0 saturated carbocycles. The number of carbonyl (C=O) groups is 2. The summed E-state index contributed by atoms with van der Waals surface area (Å²) >= 11 is 0. The molecular formula is C18H20N2O3. The van der Waals surface area contributed by atoms with Gasteiger partial charge in [0, 0.05) is 31.8 Å². The van der Waals surface area contributed by atoms with Gasteiger partial charge < -0.3 is 10.0 Å². The monoisotopic (exact) mass is 312 g/mol. The van der Waals surface area contributed by atoms with E-state index in [0.717, 1.165) is 28.0 Å². The molecule has 1 aliphatic carbocycles. The summed E-state index contributed by atoms with van der Waals surface area (Å²) < 4.78 is 0. The molecule has 1 aromatic carbocycles. The van der Waals surface area contributed by atoms with Crippen molar-refractivity contribution in [3.05, 3.63) is 59.3 Å². The molecule has 120 valence electrons. The van der Waals surface area contributed by atoms with Gasteiger partial charge in [-0.15, -0.1) is 6.58 Å². The average molecular weight is 312 g/mol. The Labute approximate surface area is 135 Å². The number of amides is 2. The minimum Gasteiger partial charge on any atom is -0.465 e. The Hall–Kier alpha value is -2.56. The Balaban J connectivity index is 2.13. The average Bonchev–Trinajstić information content (AvgIpc) is 2.96. The summed E-state index contributed by atoms with van der Waals surface area (Å²) in [6.07, 6.45) is 3.85. The van der Waals surface area contributed by atoms with Gasteiger partial charge in [-0.25, -0.2) is 9.69 Å². The van der Waals surface area contributed by atoms with Crippen LogP contribution in [0.15, 0.2) is 42.6 Å². The van der Waals surface area contributed by atoms with Gasteiger partial charge >= 0.3 is 6.09 Å². The van der Waals surface area contributed by atoms with Crippen molar-refractivity contribution in [2.75, 3.05) is 14.1 Å². The fourth-order valence-electron chi connectivity index (χ4n) is 3.73. The molecule has 23 heavy (non-hydrogen) atoms. The number of carboxylic acid groups (broad SMARTS) is 1. The molecule has 5 heteroatoms. The molecule has 2 amide bonds. The van der Waals surface area contributed by atoms with Crippen molar-refractivity contribution in [3.63, 3.8) is 0 Å². The van der Waals surface area contributed by atoms with Gasteiger partial charge in [0.15, 0.2) is 0 Å². The fraction of sp³-hybridized carbons (Fsp3) is 0.333. The second-order valence-electron chi connectivity index (χ2n) is 6.24. The molecule has 0 radical (unpaired) electrons. The van der Waals surface area contributed by atoms with E-state index < -0.39 is 18.0 Å². The van der Waals surface area contributed by atoms with E-state index in [2.05, 4.69) is 6.58 Å². The van der Waals surface area contributed by atoms with Gasteiger partial charge in [-0.05, 0) is 29.5 Å². The lowest BCUT2D eigenvalue weighted by Crippen LogP contribution is -2.33. The molecule has 2 unspecified atom stereocenters. The number of nitrogens with zero attached hydrogens (tertiary/aromatic N) is 2. The van der Waals surface area contributed by atoms with Crippen LogP contribution in [0.4, 0.5) is 4.79 Å². The quantitative estimate of drug-likeness (QED) is 0.688. The van der Waals surface area contributed by atoms with Gasteiger partial charge in [-0.1, -0.05) is 24.3 Å². The number of carbonyl (C=O) groups excluding carboxylic acids is 1. The Morgan fingerprint density at radius 3 is 2.83 bits per heavy atom. The highest BCUT2D eigenvalue weighted by Crippen LogP contribution is 2.50. The summed E-state index contributed by atoms with van der Waals surface area (Å²) in [5.41, 5.74) is 3.84. The number of likely N-dealkylation sites (tertiary alicyclic amines) is 1. The third kappa shape index (κ3) is 2.32. The van der Waals surface area contributed by atoms with E-state index in [4.69, 9.17) is 0 Å². The molecule has 2 aliphatic rings. The third-order valence-electron chi connectivity index (χ3n) is 4.54. The van der Waals surface area contributed by atoms with E-state index in [-0.39, 0.29) is 5.92 Å². The summed E-state index contributed by atoms with van der Waals surface area (Å²) in [5, 5.41) is 9.53. The summed E-state index contributed by atoms with van der Waals surface area (Å²) in [5.74, 6) is -0.511. The first-order valence-electron chi connectivity index (χ1n) is 7.62. The smallest absolute Gasteiger partial charge is 0.414 e. The van der Waals surface area contributed by atoms with Crippen LogP contribution in [0.5, 0.6) is 0 Å². The van der Waals surface area contributed by atoms with E-state index in [0.29, 0.717) is 12.0 Å². The van der Waals surface area contributed by atoms with Crippen molar-refractivity contribution in [2.24, 2.45) is 5.92 Å². The molecule has 3 rings (SSSR count). The number of hydrogen-bond donors (Lipinski definition) is 1. The highest BCUT2D eigenvalue weighted by atomic mass is 16.4. The summed E-state index contributed by atoms with van der Waals surface area (Å²) in [4.78, 5) is 27.0. The molecule has 0 spiro atoms. The van der Waals surface area contributed by atoms with Crippen LogP contribution in [0.2, 0.25) is 0 Å². The first-order chi connectivity index (χ1) is 11.0. The van der Waals surface area contributed by atoms with Gasteiger partial charge in [0.05, 0.1) is 6.04 Å². The molecule has 5 nitrogen and oxygen atoms in total. The van der Waals surface area contributed by atoms with Gasteiger partial charge in [0.2, 0.25) is 0 Å². The molecule has 0 bridgehead atoms. The number of benzene rings is 1. The van der Waals surface area contributed by atoms with E-state index in [1.54, 1.807) is 11.1 Å². The van der Waals surface area contributed by atoms with Crippen molar-refractivity contribution in [1.82, 2.24) is 9.80 Å². The van der Waals surface area contributed by atoms with Crippen molar-refractivity contribution in [3.8, 4) is 0 Å². The molecule has 1 fully saturated rings. The lowest BCUT2D eigenvalue weighted by molar-refractivity contribution is -0.124. The van der Waals surface area contributed by atoms with Gasteiger partial charge in [0.25, 0.3) is 5.91 Å². The van der Waals surface area contributed by atoms with Crippen LogP contribution in [0.1, 0.15) is 22.7 Å². The van der Waals surface area contributed by atoms with Crippen LogP contribution < -0.4 is 0 Å². The fourth-order valence-corrected chi connectivity index (χ4v) is 3.73. The summed E-state index contributed by atoms with van der Waals surface area (Å²) in [6.45, 7) is 3.79. The van der Waals surface area contributed by atoms with Crippen LogP contribution >= 0.6 is 0 Å². The highest BCUT2D eigenvalue weighted by molar-refractivity contribution is 6.05. The predicted octanol–water partition coefficient (Wildman–Crippen LogP) is 2.59. The molecule has 1 aliphatic heterocycles. The maximum atomic E-state index is 12.6. The van der Waals surface area contributed by atoms with Crippen molar-refractivity contribution < 1.29 is 14.7 Å². The lowest BCUT2D eigenvalue weighted by atomic mass is 9.96. The summed E-state index contributed by atoms with van der Waals surface area (Å²) in [7, 11) is 3.67.